The van der Waals surface area contributed by atoms with Crippen molar-refractivity contribution in [2.45, 2.75) is 84.0 Å². The van der Waals surface area contributed by atoms with Crippen molar-refractivity contribution in [3.63, 3.8) is 0 Å². The van der Waals surface area contributed by atoms with Crippen LogP contribution < -0.4 is 0 Å². The molecule has 0 radical (unpaired) electrons. The summed E-state index contributed by atoms with van der Waals surface area (Å²) in [5.74, 6) is 0. The van der Waals surface area contributed by atoms with Crippen LogP contribution >= 0.6 is 0 Å². The molecular formula is C17H34O3S. The van der Waals surface area contributed by atoms with Crippen molar-refractivity contribution in [2.75, 3.05) is 12.9 Å². The van der Waals surface area contributed by atoms with Gasteiger partial charge in [-0.1, -0.05) is 70.4 Å². The highest BCUT2D eigenvalue weighted by atomic mass is 32.2. The van der Waals surface area contributed by atoms with Crippen LogP contribution in [0.3, 0.4) is 0 Å². The van der Waals surface area contributed by atoms with Crippen LogP contribution in [0, 0.1) is 0 Å². The zero-order chi connectivity index (χ0) is 15.8. The number of hydrogen-bond donors (Lipinski definition) is 0. The maximum atomic E-state index is 10.7. The van der Waals surface area contributed by atoms with Gasteiger partial charge in [0, 0.05) is 0 Å². The van der Waals surface area contributed by atoms with Crippen LogP contribution in [0.5, 0.6) is 0 Å². The minimum atomic E-state index is -3.27. The van der Waals surface area contributed by atoms with E-state index in [-0.39, 0.29) is 0 Å². The molecule has 0 bridgehead atoms. The molecule has 0 N–H and O–H groups in total. The Morgan fingerprint density at radius 3 is 1.76 bits per heavy atom. The van der Waals surface area contributed by atoms with Gasteiger partial charge in [0.25, 0.3) is 10.1 Å². The quantitative estimate of drug-likeness (QED) is 0.236. The van der Waals surface area contributed by atoms with Crippen molar-refractivity contribution in [3.8, 4) is 0 Å². The van der Waals surface area contributed by atoms with E-state index in [4.69, 9.17) is 0 Å². The second kappa shape index (κ2) is 14.6. The van der Waals surface area contributed by atoms with Gasteiger partial charge in [0.15, 0.2) is 0 Å². The van der Waals surface area contributed by atoms with Crippen LogP contribution in [-0.2, 0) is 14.3 Å². The highest BCUT2D eigenvalue weighted by Gasteiger charge is 1.98. The van der Waals surface area contributed by atoms with Crippen molar-refractivity contribution in [3.05, 3.63) is 12.2 Å². The van der Waals surface area contributed by atoms with Gasteiger partial charge in [-0.2, -0.15) is 8.42 Å². The van der Waals surface area contributed by atoms with E-state index in [9.17, 15) is 8.42 Å². The lowest BCUT2D eigenvalue weighted by Crippen LogP contribution is -2.03. The summed E-state index contributed by atoms with van der Waals surface area (Å²) >= 11 is 0. The Morgan fingerprint density at radius 1 is 0.762 bits per heavy atom. The lowest BCUT2D eigenvalue weighted by molar-refractivity contribution is 0.317. The molecule has 0 unspecified atom stereocenters. The maximum absolute atomic E-state index is 10.7. The van der Waals surface area contributed by atoms with Crippen molar-refractivity contribution in [1.29, 1.82) is 0 Å². The lowest BCUT2D eigenvalue weighted by atomic mass is 10.1. The summed E-state index contributed by atoms with van der Waals surface area (Å²) in [6.45, 7) is 2.55. The van der Waals surface area contributed by atoms with Crippen LogP contribution in [0.4, 0.5) is 0 Å². The fourth-order valence-corrected chi connectivity index (χ4v) is 2.64. The summed E-state index contributed by atoms with van der Waals surface area (Å²) < 4.78 is 26.1. The number of rotatable bonds is 15. The minimum absolute atomic E-state index is 0.293. The zero-order valence-corrected chi connectivity index (χ0v) is 14.8. The summed E-state index contributed by atoms with van der Waals surface area (Å²) in [4.78, 5) is 0. The highest BCUT2D eigenvalue weighted by molar-refractivity contribution is 7.85. The van der Waals surface area contributed by atoms with Crippen molar-refractivity contribution in [1.82, 2.24) is 0 Å². The van der Waals surface area contributed by atoms with Gasteiger partial charge in [0.05, 0.1) is 12.9 Å². The van der Waals surface area contributed by atoms with Crippen LogP contribution in [0.1, 0.15) is 84.0 Å². The van der Waals surface area contributed by atoms with Crippen LogP contribution in [0.2, 0.25) is 0 Å². The Labute approximate surface area is 132 Å². The fraction of sp³-hybridized carbons (Fsp3) is 0.882. The first-order valence-electron chi connectivity index (χ1n) is 8.55. The summed E-state index contributed by atoms with van der Waals surface area (Å²) in [5.41, 5.74) is 0. The van der Waals surface area contributed by atoms with Gasteiger partial charge in [-0.15, -0.1) is 0 Å². The normalized spacial score (nSPS) is 12.3. The second-order valence-corrected chi connectivity index (χ2v) is 7.40. The summed E-state index contributed by atoms with van der Waals surface area (Å²) in [5, 5.41) is 0. The van der Waals surface area contributed by atoms with Gasteiger partial charge >= 0.3 is 0 Å². The molecule has 0 heterocycles. The van der Waals surface area contributed by atoms with E-state index in [0.29, 0.717) is 6.61 Å². The zero-order valence-electron chi connectivity index (χ0n) is 14.0. The Balaban J connectivity index is 3.15. The Kier molecular flexibility index (Phi) is 14.3. The van der Waals surface area contributed by atoms with E-state index < -0.39 is 10.1 Å². The van der Waals surface area contributed by atoms with E-state index in [2.05, 4.69) is 23.3 Å². The van der Waals surface area contributed by atoms with E-state index in [1.807, 2.05) is 0 Å². The van der Waals surface area contributed by atoms with Gasteiger partial charge < -0.3 is 0 Å². The van der Waals surface area contributed by atoms with Crippen molar-refractivity contribution < 1.29 is 12.6 Å². The first-order chi connectivity index (χ1) is 10.1. The molecule has 4 heteroatoms. The molecule has 21 heavy (non-hydrogen) atoms. The molecular weight excluding hydrogens is 284 g/mol. The van der Waals surface area contributed by atoms with E-state index >= 15 is 0 Å². The lowest BCUT2D eigenvalue weighted by Gasteiger charge is -2.00. The molecule has 0 aliphatic carbocycles. The molecule has 0 aromatic carbocycles. The maximum Gasteiger partial charge on any atom is 0.264 e. The second-order valence-electron chi connectivity index (χ2n) is 5.76. The van der Waals surface area contributed by atoms with Gasteiger partial charge in [0.1, 0.15) is 0 Å². The van der Waals surface area contributed by atoms with Crippen LogP contribution in [0.15, 0.2) is 12.2 Å². The predicted octanol–water partition coefficient (Wildman–Crippen LogP) is 5.22. The predicted molar refractivity (Wildman–Crippen MR) is 91.0 cm³/mol. The molecule has 126 valence electrons. The third kappa shape index (κ3) is 19.6. The summed E-state index contributed by atoms with van der Waals surface area (Å²) in [7, 11) is -3.27. The molecule has 0 amide bonds. The smallest absolute Gasteiger partial charge is 0.264 e. The molecule has 0 spiro atoms. The molecule has 0 aromatic heterocycles. The first kappa shape index (κ1) is 20.6. The average Bonchev–Trinajstić information content (AvgIpc) is 2.42. The fourth-order valence-electron chi connectivity index (χ4n) is 2.22. The molecule has 0 aromatic rings. The van der Waals surface area contributed by atoms with Crippen LogP contribution in [0.25, 0.3) is 0 Å². The first-order valence-corrected chi connectivity index (χ1v) is 10.4. The Hall–Kier alpha value is -0.350. The monoisotopic (exact) mass is 318 g/mol. The number of unbranched alkanes of at least 4 members (excludes halogenated alkanes) is 10. The molecule has 0 fully saturated rings. The van der Waals surface area contributed by atoms with E-state index in [1.54, 1.807) is 0 Å². The standard InChI is InChI=1S/C17H34O3S/c1-3-4-5-6-7-8-9-10-11-12-13-14-15-16-17-20-21(2,18)19/h13-14H,3-12,15-17H2,1-2H3. The highest BCUT2D eigenvalue weighted by Crippen LogP contribution is 2.10. The SMILES string of the molecule is CCCCCCCCCCCC=CCCCOS(C)(=O)=O. The minimum Gasteiger partial charge on any atom is -0.270 e. The van der Waals surface area contributed by atoms with Crippen LogP contribution in [-0.4, -0.2) is 21.3 Å². The molecule has 0 rings (SSSR count). The Bertz CT molecular complexity index is 334. The van der Waals surface area contributed by atoms with Gasteiger partial charge in [0.2, 0.25) is 0 Å². The topological polar surface area (TPSA) is 43.4 Å². The number of hydrogen-bond acceptors (Lipinski definition) is 3. The molecule has 0 aliphatic heterocycles. The largest absolute Gasteiger partial charge is 0.270 e. The van der Waals surface area contributed by atoms with Gasteiger partial charge in [-0.05, 0) is 25.7 Å². The average molecular weight is 319 g/mol. The molecule has 0 atom stereocenters. The molecule has 3 nitrogen and oxygen atoms in total. The summed E-state index contributed by atoms with van der Waals surface area (Å²) in [6.07, 6.45) is 20.5. The van der Waals surface area contributed by atoms with E-state index in [0.717, 1.165) is 25.5 Å². The van der Waals surface area contributed by atoms with Gasteiger partial charge in [-0.3, -0.25) is 4.18 Å². The summed E-state index contributed by atoms with van der Waals surface area (Å²) in [6, 6.07) is 0. The number of allylic oxidation sites excluding steroid dienone is 2. The third-order valence-corrected chi connectivity index (χ3v) is 4.05. The van der Waals surface area contributed by atoms with Crippen molar-refractivity contribution in [2.24, 2.45) is 0 Å². The Morgan fingerprint density at radius 2 is 1.24 bits per heavy atom. The van der Waals surface area contributed by atoms with E-state index in [1.165, 1.54) is 57.8 Å². The molecule has 0 saturated carbocycles. The van der Waals surface area contributed by atoms with Crippen molar-refractivity contribution >= 4 is 10.1 Å². The molecule has 0 aliphatic rings. The molecule has 0 saturated heterocycles. The third-order valence-electron chi connectivity index (χ3n) is 3.45. The van der Waals surface area contributed by atoms with Gasteiger partial charge in [-0.25, -0.2) is 0 Å².